The van der Waals surface area contributed by atoms with Crippen molar-refractivity contribution in [2.24, 2.45) is 0 Å². The lowest BCUT2D eigenvalue weighted by molar-refractivity contribution is 0.101. The van der Waals surface area contributed by atoms with Crippen molar-refractivity contribution in [1.82, 2.24) is 0 Å². The van der Waals surface area contributed by atoms with E-state index in [9.17, 15) is 4.79 Å². The van der Waals surface area contributed by atoms with E-state index in [0.717, 1.165) is 0 Å². The molecule has 0 amide bonds. The maximum absolute atomic E-state index is 10.9. The second-order valence-corrected chi connectivity index (χ2v) is 2.85. The molecule has 64 valence electrons. The Balaban J connectivity index is 3.33. The number of Topliss-reactive ketones (excluding diaryl/α,β-unsaturated/α-hetero) is 1. The van der Waals surface area contributed by atoms with Gasteiger partial charge >= 0.3 is 0 Å². The number of carbonyl (C=O) groups excluding carboxylic acids is 1. The van der Waals surface area contributed by atoms with Gasteiger partial charge in [-0.15, -0.1) is 0 Å². The first-order valence-corrected chi connectivity index (χ1v) is 3.69. The number of nitrogens with two attached hydrogens (primary N) is 1. The van der Waals surface area contributed by atoms with Crippen molar-refractivity contribution in [3.63, 3.8) is 0 Å². The van der Waals surface area contributed by atoms with Crippen molar-refractivity contribution >= 4 is 23.1 Å². The molecule has 0 aliphatic carbocycles. The van der Waals surface area contributed by atoms with E-state index in [1.807, 2.05) is 0 Å². The van der Waals surface area contributed by atoms with Crippen LogP contribution in [0.4, 0.5) is 5.69 Å². The highest BCUT2D eigenvalue weighted by Gasteiger charge is 2.08. The van der Waals surface area contributed by atoms with Crippen LogP contribution in [0, 0.1) is 0 Å². The van der Waals surface area contributed by atoms with Crippen molar-refractivity contribution in [3.05, 3.63) is 22.7 Å². The predicted molar refractivity (Wildman–Crippen MR) is 47.5 cm³/mol. The van der Waals surface area contributed by atoms with Crippen LogP contribution in [0.15, 0.2) is 12.1 Å². The van der Waals surface area contributed by atoms with Gasteiger partial charge in [0.2, 0.25) is 0 Å². The summed E-state index contributed by atoms with van der Waals surface area (Å²) in [4.78, 5) is 10.9. The Morgan fingerprint density at radius 1 is 1.58 bits per heavy atom. The largest absolute Gasteiger partial charge is 0.506 e. The summed E-state index contributed by atoms with van der Waals surface area (Å²) in [6.45, 7) is 1.37. The number of carbonyl (C=O) groups is 1. The molecule has 0 fully saturated rings. The van der Waals surface area contributed by atoms with Crippen molar-refractivity contribution in [3.8, 4) is 5.75 Å². The first-order valence-electron chi connectivity index (χ1n) is 3.31. The van der Waals surface area contributed by atoms with Gasteiger partial charge in [0, 0.05) is 5.56 Å². The molecule has 0 saturated heterocycles. The maximum Gasteiger partial charge on any atom is 0.161 e. The van der Waals surface area contributed by atoms with Gasteiger partial charge in [-0.25, -0.2) is 0 Å². The number of rotatable bonds is 1. The summed E-state index contributed by atoms with van der Waals surface area (Å²) in [7, 11) is 0. The highest BCUT2D eigenvalue weighted by Crippen LogP contribution is 2.27. The number of ketones is 1. The van der Waals surface area contributed by atoms with Crippen LogP contribution in [0.5, 0.6) is 5.75 Å². The average Bonchev–Trinajstić information content (AvgIpc) is 1.96. The van der Waals surface area contributed by atoms with Gasteiger partial charge in [0.15, 0.2) is 5.78 Å². The molecule has 12 heavy (non-hydrogen) atoms. The number of aromatic hydroxyl groups is 1. The molecule has 4 heteroatoms. The molecule has 0 radical (unpaired) electrons. The molecule has 0 aliphatic rings. The first-order chi connectivity index (χ1) is 5.52. The van der Waals surface area contributed by atoms with Gasteiger partial charge in [-0.3, -0.25) is 4.79 Å². The summed E-state index contributed by atoms with van der Waals surface area (Å²) < 4.78 is 0. The lowest BCUT2D eigenvalue weighted by Gasteiger charge is -2.03. The number of nitrogen functional groups attached to an aromatic ring is 1. The Labute approximate surface area is 74.8 Å². The fourth-order valence-corrected chi connectivity index (χ4v) is 1.15. The molecule has 0 aromatic heterocycles. The van der Waals surface area contributed by atoms with E-state index in [1.54, 1.807) is 0 Å². The number of phenolic OH excluding ortho intramolecular Hbond substituents is 1. The van der Waals surface area contributed by atoms with Gasteiger partial charge in [0.25, 0.3) is 0 Å². The molecule has 3 N–H and O–H groups in total. The number of halogens is 1. The van der Waals surface area contributed by atoms with Crippen LogP contribution in [-0.4, -0.2) is 10.9 Å². The smallest absolute Gasteiger partial charge is 0.161 e. The summed E-state index contributed by atoms with van der Waals surface area (Å²) in [5, 5.41) is 9.40. The summed E-state index contributed by atoms with van der Waals surface area (Å²) in [5.41, 5.74) is 5.80. The Morgan fingerprint density at radius 2 is 2.17 bits per heavy atom. The molecule has 1 rings (SSSR count). The molecule has 0 atom stereocenters. The van der Waals surface area contributed by atoms with E-state index in [1.165, 1.54) is 19.1 Å². The molecule has 0 spiro atoms. The van der Waals surface area contributed by atoms with Gasteiger partial charge in [0.1, 0.15) is 5.75 Å². The van der Waals surface area contributed by atoms with Gasteiger partial charge in [0.05, 0.1) is 10.7 Å². The second-order valence-electron chi connectivity index (χ2n) is 2.45. The molecule has 0 unspecified atom stereocenters. The van der Waals surface area contributed by atoms with E-state index in [4.69, 9.17) is 22.4 Å². The predicted octanol–water partition coefficient (Wildman–Crippen LogP) is 1.83. The second kappa shape index (κ2) is 3.03. The van der Waals surface area contributed by atoms with E-state index < -0.39 is 0 Å². The number of benzene rings is 1. The van der Waals surface area contributed by atoms with Gasteiger partial charge < -0.3 is 10.8 Å². The van der Waals surface area contributed by atoms with Crippen molar-refractivity contribution in [1.29, 1.82) is 0 Å². The third-order valence-corrected chi connectivity index (χ3v) is 1.81. The Kier molecular flexibility index (Phi) is 2.24. The molecule has 1 aromatic carbocycles. The SMILES string of the molecule is CC(=O)c1cc(O)c(N)cc1Cl. The van der Waals surface area contributed by atoms with E-state index in [-0.39, 0.29) is 27.8 Å². The molecular weight excluding hydrogens is 178 g/mol. The molecule has 3 nitrogen and oxygen atoms in total. The van der Waals surface area contributed by atoms with Crippen LogP contribution in [0.1, 0.15) is 17.3 Å². The Hall–Kier alpha value is -1.22. The number of hydrogen-bond donors (Lipinski definition) is 2. The Bertz CT molecular complexity index is 336. The average molecular weight is 186 g/mol. The van der Waals surface area contributed by atoms with Crippen LogP contribution in [-0.2, 0) is 0 Å². The topological polar surface area (TPSA) is 63.3 Å². The highest BCUT2D eigenvalue weighted by molar-refractivity contribution is 6.34. The lowest BCUT2D eigenvalue weighted by Crippen LogP contribution is -1.95. The zero-order valence-electron chi connectivity index (χ0n) is 6.47. The molecule has 0 aliphatic heterocycles. The minimum Gasteiger partial charge on any atom is -0.506 e. The lowest BCUT2D eigenvalue weighted by atomic mass is 10.1. The molecule has 1 aromatic rings. The minimum absolute atomic E-state index is 0.121. The van der Waals surface area contributed by atoms with Gasteiger partial charge in [-0.1, -0.05) is 11.6 Å². The van der Waals surface area contributed by atoms with E-state index in [2.05, 4.69) is 0 Å². The highest BCUT2D eigenvalue weighted by atomic mass is 35.5. The summed E-state index contributed by atoms with van der Waals surface area (Å²) in [6, 6.07) is 2.62. The molecular formula is C8H8ClNO2. The number of phenols is 1. The monoisotopic (exact) mass is 185 g/mol. The zero-order valence-corrected chi connectivity index (χ0v) is 7.22. The maximum atomic E-state index is 10.9. The summed E-state index contributed by atoms with van der Waals surface area (Å²) in [6.07, 6.45) is 0. The molecule has 0 heterocycles. The van der Waals surface area contributed by atoms with Crippen molar-refractivity contribution in [2.75, 3.05) is 5.73 Å². The zero-order chi connectivity index (χ0) is 9.30. The molecule has 0 bridgehead atoms. The minimum atomic E-state index is -0.199. The van der Waals surface area contributed by atoms with E-state index >= 15 is 0 Å². The first kappa shape index (κ1) is 8.87. The number of hydrogen-bond acceptors (Lipinski definition) is 3. The fraction of sp³-hybridized carbons (Fsp3) is 0.125. The van der Waals surface area contributed by atoms with Gasteiger partial charge in [-0.05, 0) is 19.1 Å². The normalized spacial score (nSPS) is 9.83. The van der Waals surface area contributed by atoms with Crippen LogP contribution >= 0.6 is 11.6 Å². The third-order valence-electron chi connectivity index (χ3n) is 1.50. The van der Waals surface area contributed by atoms with Gasteiger partial charge in [-0.2, -0.15) is 0 Å². The van der Waals surface area contributed by atoms with E-state index in [0.29, 0.717) is 0 Å². The third kappa shape index (κ3) is 1.51. The van der Waals surface area contributed by atoms with Crippen molar-refractivity contribution in [2.45, 2.75) is 6.92 Å². The standard InChI is InChI=1S/C8H8ClNO2/c1-4(11)5-2-8(12)7(10)3-6(5)9/h2-3,12H,10H2,1H3. The molecule has 0 saturated carbocycles. The van der Waals surface area contributed by atoms with Crippen molar-refractivity contribution < 1.29 is 9.90 Å². The summed E-state index contributed by atoms with van der Waals surface area (Å²) in [5.74, 6) is -0.320. The van der Waals surface area contributed by atoms with Crippen LogP contribution in [0.25, 0.3) is 0 Å². The Morgan fingerprint density at radius 3 is 2.67 bits per heavy atom. The number of anilines is 1. The van der Waals surface area contributed by atoms with Crippen LogP contribution in [0.3, 0.4) is 0 Å². The fourth-order valence-electron chi connectivity index (χ4n) is 0.847. The quantitative estimate of drug-likeness (QED) is 0.399. The summed E-state index contributed by atoms with van der Waals surface area (Å²) >= 11 is 5.68. The van der Waals surface area contributed by atoms with Crippen LogP contribution < -0.4 is 5.73 Å². The van der Waals surface area contributed by atoms with Crippen LogP contribution in [0.2, 0.25) is 5.02 Å².